The van der Waals surface area contributed by atoms with Crippen LogP contribution in [0.3, 0.4) is 0 Å². The normalized spacial score (nSPS) is 18.1. The van der Waals surface area contributed by atoms with Crippen LogP contribution in [0.1, 0.15) is 61.1 Å². The number of piperidine rings is 1. The molecule has 0 atom stereocenters. The zero-order chi connectivity index (χ0) is 26.3. The van der Waals surface area contributed by atoms with Crippen LogP contribution in [-0.4, -0.2) is 35.9 Å². The second-order valence-electron chi connectivity index (χ2n) is 10.7. The predicted molar refractivity (Wildman–Crippen MR) is 155 cm³/mol. The van der Waals surface area contributed by atoms with Gasteiger partial charge in [-0.2, -0.15) is 0 Å². The average Bonchev–Trinajstić information content (AvgIpc) is 3.58. The minimum absolute atomic E-state index is 0.0777. The molecule has 190 valence electrons. The Morgan fingerprint density at radius 2 is 1.79 bits per heavy atom. The first-order valence-corrected chi connectivity index (χ1v) is 13.3. The molecular weight excluding hydrogens is 468 g/mol. The number of nitrogens with zero attached hydrogens (tertiary/aromatic N) is 4. The summed E-state index contributed by atoms with van der Waals surface area (Å²) in [5.41, 5.74) is 10.6. The van der Waals surface area contributed by atoms with Crippen LogP contribution in [0.15, 0.2) is 65.5 Å². The van der Waals surface area contributed by atoms with Crippen LogP contribution in [0.5, 0.6) is 5.75 Å². The molecule has 3 aliphatic rings. The van der Waals surface area contributed by atoms with Crippen LogP contribution >= 0.6 is 0 Å². The highest BCUT2D eigenvalue weighted by molar-refractivity contribution is 6.03. The van der Waals surface area contributed by atoms with Crippen molar-refractivity contribution in [3.8, 4) is 18.1 Å². The molecule has 0 amide bonds. The smallest absolute Gasteiger partial charge is 0.139 e. The largest absolute Gasteiger partial charge is 0.497 e. The zero-order valence-electron chi connectivity index (χ0n) is 22.3. The first-order valence-electron chi connectivity index (χ1n) is 13.3. The fraction of sp³-hybridized carbons (Fsp3) is 0.303. The molecule has 2 aliphatic heterocycles. The third-order valence-electron chi connectivity index (χ3n) is 8.41. The lowest BCUT2D eigenvalue weighted by Gasteiger charge is -2.40. The van der Waals surface area contributed by atoms with Crippen molar-refractivity contribution in [2.24, 2.45) is 10.4 Å². The summed E-state index contributed by atoms with van der Waals surface area (Å²) in [6, 6.07) is 16.5. The SMILES string of the molecule is C#Cc1ccc(C2=Cc3c(ncnc3N3CCC(C)(C4=NC(C)=C(c5cccc(OC)c5)C4)CC3)C2)cc1. The molecular formula is C33H32N4O. The van der Waals surface area contributed by atoms with Gasteiger partial charge in [0.15, 0.2) is 0 Å². The number of aromatic nitrogens is 2. The Hall–Kier alpha value is -4.17. The van der Waals surface area contributed by atoms with Gasteiger partial charge in [0.1, 0.15) is 17.9 Å². The van der Waals surface area contributed by atoms with Crippen molar-refractivity contribution in [3.05, 3.63) is 88.5 Å². The van der Waals surface area contributed by atoms with Gasteiger partial charge in [-0.05, 0) is 72.4 Å². The summed E-state index contributed by atoms with van der Waals surface area (Å²) in [7, 11) is 1.71. The van der Waals surface area contributed by atoms with Crippen LogP contribution in [0.2, 0.25) is 0 Å². The second kappa shape index (κ2) is 9.61. The van der Waals surface area contributed by atoms with E-state index in [-0.39, 0.29) is 5.41 Å². The minimum Gasteiger partial charge on any atom is -0.497 e. The number of fused-ring (bicyclic) bond motifs is 1. The standard InChI is InChI=1S/C33H32N4O/c1-5-23-9-11-24(12-10-23)26-18-29-30(19-26)34-21-35-32(29)37-15-13-33(3,14-16-37)31-20-28(22(2)36-31)25-7-6-8-27(17-25)38-4/h1,6-12,17-18,21H,13-16,19-20H2,2-4H3. The van der Waals surface area contributed by atoms with Crippen molar-refractivity contribution in [2.45, 2.75) is 39.5 Å². The number of terminal acetylenes is 1. The summed E-state index contributed by atoms with van der Waals surface area (Å²) >= 11 is 0. The summed E-state index contributed by atoms with van der Waals surface area (Å²) in [4.78, 5) is 16.9. The molecule has 38 heavy (non-hydrogen) atoms. The van der Waals surface area contributed by atoms with E-state index in [1.807, 2.05) is 18.2 Å². The van der Waals surface area contributed by atoms with Crippen LogP contribution in [0, 0.1) is 17.8 Å². The van der Waals surface area contributed by atoms with Crippen molar-refractivity contribution in [1.82, 2.24) is 9.97 Å². The van der Waals surface area contributed by atoms with Gasteiger partial charge in [0.25, 0.3) is 0 Å². The van der Waals surface area contributed by atoms with E-state index in [1.54, 1.807) is 13.4 Å². The Bertz CT molecular complexity index is 1530. The minimum atomic E-state index is 0.0777. The molecule has 6 rings (SSSR count). The summed E-state index contributed by atoms with van der Waals surface area (Å²) in [5.74, 6) is 4.63. The molecule has 5 nitrogen and oxygen atoms in total. The molecule has 1 aliphatic carbocycles. The number of benzene rings is 2. The van der Waals surface area contributed by atoms with Crippen molar-refractivity contribution in [1.29, 1.82) is 0 Å². The lowest BCUT2D eigenvalue weighted by molar-refractivity contribution is 0.351. The predicted octanol–water partition coefficient (Wildman–Crippen LogP) is 6.45. The molecule has 0 saturated carbocycles. The van der Waals surface area contributed by atoms with Gasteiger partial charge in [-0.15, -0.1) is 6.42 Å². The molecule has 0 radical (unpaired) electrons. The number of hydrogen-bond acceptors (Lipinski definition) is 5. The number of ether oxygens (including phenoxy) is 1. The summed E-state index contributed by atoms with van der Waals surface area (Å²) in [6.07, 6.45) is 13.3. The lowest BCUT2D eigenvalue weighted by atomic mass is 9.74. The van der Waals surface area contributed by atoms with E-state index >= 15 is 0 Å². The maximum absolute atomic E-state index is 5.53. The van der Waals surface area contributed by atoms with Crippen molar-refractivity contribution >= 4 is 28.8 Å². The Labute approximate surface area is 225 Å². The monoisotopic (exact) mass is 500 g/mol. The maximum atomic E-state index is 5.53. The molecule has 1 aromatic heterocycles. The first-order chi connectivity index (χ1) is 18.5. The lowest BCUT2D eigenvalue weighted by Crippen LogP contribution is -2.43. The fourth-order valence-electron chi connectivity index (χ4n) is 5.91. The topological polar surface area (TPSA) is 50.6 Å². The van der Waals surface area contributed by atoms with Gasteiger partial charge in [-0.3, -0.25) is 4.99 Å². The molecule has 0 bridgehead atoms. The van der Waals surface area contributed by atoms with E-state index in [0.717, 1.165) is 72.9 Å². The van der Waals surface area contributed by atoms with E-state index in [2.05, 4.69) is 66.1 Å². The number of methoxy groups -OCH3 is 1. The third kappa shape index (κ3) is 4.31. The number of anilines is 1. The van der Waals surface area contributed by atoms with Crippen LogP contribution in [0.25, 0.3) is 17.2 Å². The quantitative estimate of drug-likeness (QED) is 0.378. The Morgan fingerprint density at radius 3 is 2.53 bits per heavy atom. The Morgan fingerprint density at radius 1 is 1.00 bits per heavy atom. The van der Waals surface area contributed by atoms with E-state index in [1.165, 1.54) is 28.0 Å². The van der Waals surface area contributed by atoms with E-state index in [9.17, 15) is 0 Å². The van der Waals surface area contributed by atoms with Gasteiger partial charge in [-0.25, -0.2) is 9.97 Å². The van der Waals surface area contributed by atoms with E-state index in [0.29, 0.717) is 0 Å². The van der Waals surface area contributed by atoms with Gasteiger partial charge in [-0.1, -0.05) is 37.1 Å². The van der Waals surface area contributed by atoms with Crippen molar-refractivity contribution < 1.29 is 4.74 Å². The summed E-state index contributed by atoms with van der Waals surface area (Å²) in [6.45, 7) is 6.42. The molecule has 0 unspecified atom stereocenters. The Balaban J connectivity index is 1.17. The average molecular weight is 501 g/mol. The highest BCUT2D eigenvalue weighted by Crippen LogP contribution is 2.43. The summed E-state index contributed by atoms with van der Waals surface area (Å²) < 4.78 is 5.45. The third-order valence-corrected chi connectivity index (χ3v) is 8.41. The highest BCUT2D eigenvalue weighted by Gasteiger charge is 2.38. The highest BCUT2D eigenvalue weighted by atomic mass is 16.5. The van der Waals surface area contributed by atoms with Gasteiger partial charge in [0, 0.05) is 53.9 Å². The summed E-state index contributed by atoms with van der Waals surface area (Å²) in [5, 5.41) is 0. The van der Waals surface area contributed by atoms with Crippen LogP contribution in [0.4, 0.5) is 5.82 Å². The molecule has 0 N–H and O–H groups in total. The molecule has 3 heterocycles. The van der Waals surface area contributed by atoms with Crippen LogP contribution in [-0.2, 0) is 6.42 Å². The number of rotatable bonds is 5. The molecule has 0 spiro atoms. The van der Waals surface area contributed by atoms with Gasteiger partial charge in [0.05, 0.1) is 12.8 Å². The second-order valence-corrected chi connectivity index (χ2v) is 10.7. The van der Waals surface area contributed by atoms with E-state index < -0.39 is 0 Å². The molecule has 3 aromatic rings. The first kappa shape index (κ1) is 24.2. The number of allylic oxidation sites excluding steroid dienone is 3. The fourth-order valence-corrected chi connectivity index (χ4v) is 5.91. The zero-order valence-corrected chi connectivity index (χ0v) is 22.3. The van der Waals surface area contributed by atoms with Crippen molar-refractivity contribution in [2.75, 3.05) is 25.1 Å². The molecule has 2 aromatic carbocycles. The number of aliphatic imine (C=N–C) groups is 1. The molecule has 1 saturated heterocycles. The van der Waals surface area contributed by atoms with Crippen LogP contribution < -0.4 is 9.64 Å². The van der Waals surface area contributed by atoms with Crippen molar-refractivity contribution in [3.63, 3.8) is 0 Å². The molecule has 5 heteroatoms. The van der Waals surface area contributed by atoms with E-state index in [4.69, 9.17) is 21.1 Å². The van der Waals surface area contributed by atoms with Gasteiger partial charge >= 0.3 is 0 Å². The maximum Gasteiger partial charge on any atom is 0.139 e. The Kier molecular flexibility index (Phi) is 6.12. The van der Waals surface area contributed by atoms with Gasteiger partial charge in [0.2, 0.25) is 0 Å². The number of hydrogen-bond donors (Lipinski definition) is 0. The molecule has 1 fully saturated rings. The van der Waals surface area contributed by atoms with Gasteiger partial charge < -0.3 is 9.64 Å².